The number of nitrogens with one attached hydrogen (secondary N) is 2. The summed E-state index contributed by atoms with van der Waals surface area (Å²) in [6.45, 7) is 2.75. The molecule has 2 N–H and O–H groups in total. The Bertz CT molecular complexity index is 674. The van der Waals surface area contributed by atoms with E-state index >= 15 is 0 Å². The number of fused-ring (bicyclic) bond motifs is 1. The maximum Gasteiger partial charge on any atom is 0.251 e. The minimum absolute atomic E-state index is 0.0188. The molecule has 1 aromatic carbocycles. The predicted octanol–water partition coefficient (Wildman–Crippen LogP) is 2.72. The number of benzene rings is 1. The Kier molecular flexibility index (Phi) is 3.28. The lowest BCUT2D eigenvalue weighted by molar-refractivity contribution is 0.0941. The van der Waals surface area contributed by atoms with E-state index in [0.29, 0.717) is 18.3 Å². The van der Waals surface area contributed by atoms with Crippen LogP contribution in [0.2, 0.25) is 5.28 Å². The molecule has 1 aromatic heterocycles. The molecule has 0 aliphatic carbocycles. The molecule has 0 radical (unpaired) electrons. The highest BCUT2D eigenvalue weighted by Crippen LogP contribution is 2.27. The van der Waals surface area contributed by atoms with Gasteiger partial charge in [0.1, 0.15) is 5.82 Å². The molecular weight excluding hydrogens is 276 g/mol. The summed E-state index contributed by atoms with van der Waals surface area (Å²) in [6, 6.07) is 7.40. The van der Waals surface area contributed by atoms with E-state index in [1.165, 1.54) is 0 Å². The van der Waals surface area contributed by atoms with Crippen LogP contribution in [0.4, 0.5) is 11.5 Å². The highest BCUT2D eigenvalue weighted by Gasteiger charge is 2.22. The van der Waals surface area contributed by atoms with Crippen LogP contribution < -0.4 is 10.6 Å². The van der Waals surface area contributed by atoms with Crippen molar-refractivity contribution >= 4 is 29.0 Å². The summed E-state index contributed by atoms with van der Waals surface area (Å²) in [5.74, 6) is 0.894. The first-order valence-electron chi connectivity index (χ1n) is 6.31. The van der Waals surface area contributed by atoms with Crippen LogP contribution in [0, 0.1) is 0 Å². The second-order valence-corrected chi connectivity index (χ2v) is 5.09. The zero-order valence-electron chi connectivity index (χ0n) is 10.9. The lowest BCUT2D eigenvalue weighted by atomic mass is 9.91. The molecule has 6 heteroatoms. The Morgan fingerprint density at radius 2 is 2.25 bits per heavy atom. The number of carbonyl (C=O) groups excluding carboxylic acids is 1. The van der Waals surface area contributed by atoms with Crippen LogP contribution in [0.15, 0.2) is 30.5 Å². The Hall–Kier alpha value is -2.14. The Balaban J connectivity index is 1.92. The van der Waals surface area contributed by atoms with Crippen LogP contribution in [0.25, 0.3) is 0 Å². The standard InChI is InChI=1S/C14H13ClN4O/c1-8-7-17-13(20)10-3-2-9(6-11(8)10)18-12-4-5-16-14(15)19-12/h2-6,8H,7H2,1H3,(H,17,20)(H,16,18,19). The summed E-state index contributed by atoms with van der Waals surface area (Å²) in [6.07, 6.45) is 1.59. The fourth-order valence-electron chi connectivity index (χ4n) is 2.26. The van der Waals surface area contributed by atoms with Gasteiger partial charge in [-0.1, -0.05) is 6.92 Å². The van der Waals surface area contributed by atoms with Crippen LogP contribution >= 0.6 is 11.6 Å². The molecule has 20 heavy (non-hydrogen) atoms. The third-order valence-corrected chi connectivity index (χ3v) is 3.48. The first-order valence-corrected chi connectivity index (χ1v) is 6.69. The smallest absolute Gasteiger partial charge is 0.251 e. The van der Waals surface area contributed by atoms with Gasteiger partial charge in [0.05, 0.1) is 0 Å². The van der Waals surface area contributed by atoms with Gasteiger partial charge in [-0.25, -0.2) is 9.97 Å². The minimum atomic E-state index is -0.0188. The van der Waals surface area contributed by atoms with Crippen molar-refractivity contribution in [1.29, 1.82) is 0 Å². The number of hydrogen-bond donors (Lipinski definition) is 2. The number of aromatic nitrogens is 2. The maximum atomic E-state index is 11.8. The van der Waals surface area contributed by atoms with Crippen molar-refractivity contribution in [2.24, 2.45) is 0 Å². The zero-order chi connectivity index (χ0) is 14.1. The molecule has 102 valence electrons. The van der Waals surface area contributed by atoms with Crippen molar-refractivity contribution in [2.75, 3.05) is 11.9 Å². The van der Waals surface area contributed by atoms with Gasteiger partial charge in [-0.3, -0.25) is 4.79 Å². The molecule has 2 heterocycles. The molecule has 3 rings (SSSR count). The van der Waals surface area contributed by atoms with Gasteiger partial charge in [0, 0.05) is 24.0 Å². The Morgan fingerprint density at radius 1 is 1.40 bits per heavy atom. The van der Waals surface area contributed by atoms with E-state index < -0.39 is 0 Å². The van der Waals surface area contributed by atoms with Gasteiger partial charge < -0.3 is 10.6 Å². The number of halogens is 1. The third-order valence-electron chi connectivity index (χ3n) is 3.29. The third kappa shape index (κ3) is 2.44. The van der Waals surface area contributed by atoms with Gasteiger partial charge in [-0.05, 0) is 47.3 Å². The number of carbonyl (C=O) groups is 1. The monoisotopic (exact) mass is 288 g/mol. The largest absolute Gasteiger partial charge is 0.351 e. The highest BCUT2D eigenvalue weighted by molar-refractivity contribution is 6.28. The second-order valence-electron chi connectivity index (χ2n) is 4.75. The maximum absolute atomic E-state index is 11.8. The van der Waals surface area contributed by atoms with Crippen molar-refractivity contribution < 1.29 is 4.79 Å². The van der Waals surface area contributed by atoms with E-state index in [2.05, 4.69) is 27.5 Å². The predicted molar refractivity (Wildman–Crippen MR) is 77.5 cm³/mol. The summed E-state index contributed by atoms with van der Waals surface area (Å²) < 4.78 is 0. The SMILES string of the molecule is CC1CNC(=O)c2ccc(Nc3ccnc(Cl)n3)cc21. The average molecular weight is 289 g/mol. The molecule has 0 spiro atoms. The van der Waals surface area contributed by atoms with E-state index in [0.717, 1.165) is 16.8 Å². The summed E-state index contributed by atoms with van der Waals surface area (Å²) in [7, 11) is 0. The minimum Gasteiger partial charge on any atom is -0.351 e. The Labute approximate surface area is 121 Å². The molecule has 1 amide bonds. The van der Waals surface area contributed by atoms with Crippen LogP contribution in [0.3, 0.4) is 0 Å². The van der Waals surface area contributed by atoms with Crippen LogP contribution in [-0.2, 0) is 0 Å². The van der Waals surface area contributed by atoms with Gasteiger partial charge in [-0.2, -0.15) is 0 Å². The van der Waals surface area contributed by atoms with Crippen LogP contribution in [0.5, 0.6) is 0 Å². The van der Waals surface area contributed by atoms with Crippen LogP contribution in [-0.4, -0.2) is 22.4 Å². The Morgan fingerprint density at radius 3 is 3.05 bits per heavy atom. The second kappa shape index (κ2) is 5.09. The molecule has 0 saturated heterocycles. The lowest BCUT2D eigenvalue weighted by Gasteiger charge is -2.23. The van der Waals surface area contributed by atoms with Gasteiger partial charge in [0.2, 0.25) is 5.28 Å². The normalized spacial score (nSPS) is 17.3. The molecule has 1 aliphatic rings. The van der Waals surface area contributed by atoms with Crippen molar-refractivity contribution in [3.8, 4) is 0 Å². The van der Waals surface area contributed by atoms with Gasteiger partial charge in [-0.15, -0.1) is 0 Å². The van der Waals surface area contributed by atoms with E-state index in [1.54, 1.807) is 12.3 Å². The summed E-state index contributed by atoms with van der Waals surface area (Å²) in [4.78, 5) is 19.7. The lowest BCUT2D eigenvalue weighted by Crippen LogP contribution is -2.33. The van der Waals surface area contributed by atoms with Crippen LogP contribution in [0.1, 0.15) is 28.8 Å². The zero-order valence-corrected chi connectivity index (χ0v) is 11.6. The number of rotatable bonds is 2. The van der Waals surface area contributed by atoms with Gasteiger partial charge in [0.15, 0.2) is 0 Å². The molecule has 0 fully saturated rings. The van der Waals surface area contributed by atoms with E-state index in [4.69, 9.17) is 11.6 Å². The summed E-state index contributed by atoms with van der Waals surface area (Å²) in [5.41, 5.74) is 2.65. The fourth-order valence-corrected chi connectivity index (χ4v) is 2.41. The van der Waals surface area contributed by atoms with Crippen molar-refractivity contribution in [1.82, 2.24) is 15.3 Å². The number of hydrogen-bond acceptors (Lipinski definition) is 4. The number of nitrogens with zero attached hydrogens (tertiary/aromatic N) is 2. The molecule has 1 aliphatic heterocycles. The van der Waals surface area contributed by atoms with Crippen molar-refractivity contribution in [2.45, 2.75) is 12.8 Å². The topological polar surface area (TPSA) is 66.9 Å². The quantitative estimate of drug-likeness (QED) is 0.834. The van der Waals surface area contributed by atoms with E-state index in [9.17, 15) is 4.79 Å². The van der Waals surface area contributed by atoms with Crippen molar-refractivity contribution in [3.05, 3.63) is 46.9 Å². The highest BCUT2D eigenvalue weighted by atomic mass is 35.5. The number of amides is 1. The number of anilines is 2. The fraction of sp³-hybridized carbons (Fsp3) is 0.214. The summed E-state index contributed by atoms with van der Waals surface area (Å²) in [5, 5.41) is 6.23. The van der Waals surface area contributed by atoms with E-state index in [1.807, 2.05) is 18.2 Å². The van der Waals surface area contributed by atoms with Gasteiger partial charge in [0.25, 0.3) is 5.91 Å². The first-order chi connectivity index (χ1) is 9.63. The molecule has 0 saturated carbocycles. The molecule has 1 unspecified atom stereocenters. The van der Waals surface area contributed by atoms with E-state index in [-0.39, 0.29) is 11.2 Å². The first kappa shape index (κ1) is 12.9. The molecular formula is C14H13ClN4O. The van der Waals surface area contributed by atoms with Gasteiger partial charge >= 0.3 is 0 Å². The summed E-state index contributed by atoms with van der Waals surface area (Å²) >= 11 is 5.75. The molecule has 2 aromatic rings. The molecule has 0 bridgehead atoms. The molecule has 5 nitrogen and oxygen atoms in total. The molecule has 1 atom stereocenters. The van der Waals surface area contributed by atoms with Crippen molar-refractivity contribution in [3.63, 3.8) is 0 Å². The average Bonchev–Trinajstić information content (AvgIpc) is 2.43.